The highest BCUT2D eigenvalue weighted by Crippen LogP contribution is 2.31. The van der Waals surface area contributed by atoms with Crippen molar-refractivity contribution in [3.05, 3.63) is 53.2 Å². The molecule has 4 rings (SSSR count). The summed E-state index contributed by atoms with van der Waals surface area (Å²) < 4.78 is 2.20. The fourth-order valence-corrected chi connectivity index (χ4v) is 4.16. The van der Waals surface area contributed by atoms with Gasteiger partial charge >= 0.3 is 0 Å². The number of hydrogen-bond acceptors (Lipinski definition) is 2. The third-order valence-electron chi connectivity index (χ3n) is 5.19. The van der Waals surface area contributed by atoms with E-state index in [0.29, 0.717) is 23.3 Å². The predicted octanol–water partition coefficient (Wildman–Crippen LogP) is 4.62. The Kier molecular flexibility index (Phi) is 4.49. The summed E-state index contributed by atoms with van der Waals surface area (Å²) in [7, 11) is 0. The molecule has 26 heavy (non-hydrogen) atoms. The summed E-state index contributed by atoms with van der Waals surface area (Å²) in [4.78, 5) is 22.8. The lowest BCUT2D eigenvalue weighted by Gasteiger charge is -2.33. The molecule has 3 aromatic rings. The maximum atomic E-state index is 13.1. The van der Waals surface area contributed by atoms with Gasteiger partial charge in [0.25, 0.3) is 5.91 Å². The van der Waals surface area contributed by atoms with Crippen LogP contribution in [-0.2, 0) is 0 Å². The first kappa shape index (κ1) is 17.2. The Morgan fingerprint density at radius 3 is 2.92 bits per heavy atom. The van der Waals surface area contributed by atoms with Crippen molar-refractivity contribution in [2.24, 2.45) is 0 Å². The predicted molar refractivity (Wildman–Crippen MR) is 104 cm³/mol. The van der Waals surface area contributed by atoms with E-state index in [1.165, 1.54) is 0 Å². The van der Waals surface area contributed by atoms with Crippen LogP contribution in [0.3, 0.4) is 0 Å². The first-order chi connectivity index (χ1) is 12.6. The number of amides is 1. The molecule has 0 bridgehead atoms. The first-order valence-corrected chi connectivity index (χ1v) is 9.52. The van der Waals surface area contributed by atoms with Crippen LogP contribution in [0.5, 0.6) is 0 Å². The number of piperidine rings is 1. The monoisotopic (exact) mass is 370 g/mol. The smallest absolute Gasteiger partial charge is 0.271 e. The normalized spacial score (nSPS) is 18.0. The summed E-state index contributed by atoms with van der Waals surface area (Å²) in [6.07, 6.45) is 5.90. The molecule has 1 atom stereocenters. The van der Waals surface area contributed by atoms with Crippen LogP contribution in [-0.4, -0.2) is 38.4 Å². The van der Waals surface area contributed by atoms with Crippen LogP contribution in [0.25, 0.3) is 10.9 Å². The Hall–Kier alpha value is -2.27. The number of likely N-dealkylation sites (tertiary alicyclic amines) is 1. The van der Waals surface area contributed by atoms with Crippen molar-refractivity contribution in [3.8, 4) is 0 Å². The van der Waals surface area contributed by atoms with Crippen molar-refractivity contribution >= 4 is 28.4 Å². The molecule has 1 saturated heterocycles. The number of benzene rings is 1. The second-order valence-electron chi connectivity index (χ2n) is 7.24. The molecule has 2 aromatic heterocycles. The molecule has 1 aliphatic rings. The molecular formula is C20H23ClN4O. The van der Waals surface area contributed by atoms with Gasteiger partial charge in [0.1, 0.15) is 11.5 Å². The summed E-state index contributed by atoms with van der Waals surface area (Å²) in [6, 6.07) is 8.10. The number of aromatic nitrogens is 3. The maximum absolute atomic E-state index is 13.1. The SMILES string of the molecule is CC(C)n1ccnc1C1CCCN(C(=O)c2[nH]c3ccccc3c2Cl)C1. The lowest BCUT2D eigenvalue weighted by Crippen LogP contribution is -2.40. The number of halogens is 1. The third kappa shape index (κ3) is 2.90. The zero-order valence-electron chi connectivity index (χ0n) is 15.1. The molecule has 0 saturated carbocycles. The fourth-order valence-electron chi connectivity index (χ4n) is 3.86. The highest BCUT2D eigenvalue weighted by atomic mass is 35.5. The molecule has 1 N–H and O–H groups in total. The molecule has 3 heterocycles. The van der Waals surface area contributed by atoms with Gasteiger partial charge in [0.15, 0.2) is 0 Å². The van der Waals surface area contributed by atoms with Crippen molar-refractivity contribution in [2.75, 3.05) is 13.1 Å². The average molecular weight is 371 g/mol. The number of nitrogens with one attached hydrogen (secondary N) is 1. The van der Waals surface area contributed by atoms with Crippen molar-refractivity contribution in [1.29, 1.82) is 0 Å². The molecule has 0 aliphatic carbocycles. The molecule has 0 spiro atoms. The summed E-state index contributed by atoms with van der Waals surface area (Å²) in [5, 5.41) is 1.40. The van der Waals surface area contributed by atoms with E-state index in [1.54, 1.807) is 0 Å². The summed E-state index contributed by atoms with van der Waals surface area (Å²) in [5.41, 5.74) is 1.38. The minimum Gasteiger partial charge on any atom is -0.349 e. The van der Waals surface area contributed by atoms with Gasteiger partial charge in [-0.1, -0.05) is 29.8 Å². The number of rotatable bonds is 3. The standard InChI is InChI=1S/C20H23ClN4O/c1-13(2)25-11-9-22-19(25)14-6-5-10-24(12-14)20(26)18-17(21)15-7-3-4-8-16(15)23-18/h3-4,7-9,11,13-14,23H,5-6,10,12H2,1-2H3. The molecule has 0 radical (unpaired) electrons. The minimum atomic E-state index is -0.0291. The van der Waals surface area contributed by atoms with E-state index in [9.17, 15) is 4.79 Å². The Morgan fingerprint density at radius 1 is 1.35 bits per heavy atom. The molecule has 1 amide bonds. The third-order valence-corrected chi connectivity index (χ3v) is 5.58. The lowest BCUT2D eigenvalue weighted by atomic mass is 9.96. The van der Waals surface area contributed by atoms with Crippen molar-refractivity contribution in [2.45, 2.75) is 38.6 Å². The average Bonchev–Trinajstić information content (AvgIpc) is 3.27. The molecule has 1 aliphatic heterocycles. The molecule has 1 fully saturated rings. The molecule has 5 nitrogen and oxygen atoms in total. The van der Waals surface area contributed by atoms with Crippen LogP contribution in [0.15, 0.2) is 36.7 Å². The van der Waals surface area contributed by atoms with Gasteiger partial charge in [-0.25, -0.2) is 4.98 Å². The maximum Gasteiger partial charge on any atom is 0.271 e. The Morgan fingerprint density at radius 2 is 2.15 bits per heavy atom. The number of hydrogen-bond donors (Lipinski definition) is 1. The van der Waals surface area contributed by atoms with Crippen molar-refractivity contribution in [3.63, 3.8) is 0 Å². The number of aromatic amines is 1. The van der Waals surface area contributed by atoms with E-state index >= 15 is 0 Å². The van der Waals surface area contributed by atoms with E-state index in [2.05, 4.69) is 28.4 Å². The fraction of sp³-hybridized carbons (Fsp3) is 0.400. The van der Waals surface area contributed by atoms with E-state index in [0.717, 1.165) is 36.1 Å². The number of H-pyrrole nitrogens is 1. The van der Waals surface area contributed by atoms with Crippen molar-refractivity contribution in [1.82, 2.24) is 19.4 Å². The summed E-state index contributed by atoms with van der Waals surface area (Å²) >= 11 is 6.48. The van der Waals surface area contributed by atoms with Gasteiger partial charge < -0.3 is 14.5 Å². The summed E-state index contributed by atoms with van der Waals surface area (Å²) in [5.74, 6) is 1.30. The van der Waals surface area contributed by atoms with Gasteiger partial charge in [0.2, 0.25) is 0 Å². The Bertz CT molecular complexity index is 942. The van der Waals surface area contributed by atoms with Gasteiger partial charge in [0.05, 0.1) is 5.02 Å². The number of imidazole rings is 1. The molecule has 6 heteroatoms. The van der Waals surface area contributed by atoms with Gasteiger partial charge in [-0.3, -0.25) is 4.79 Å². The molecule has 136 valence electrons. The Labute approximate surface area is 158 Å². The van der Waals surface area contributed by atoms with E-state index in [-0.39, 0.29) is 11.8 Å². The quantitative estimate of drug-likeness (QED) is 0.731. The van der Waals surface area contributed by atoms with Crippen LogP contribution >= 0.6 is 11.6 Å². The molecule has 1 aromatic carbocycles. The van der Waals surface area contributed by atoms with Gasteiger partial charge in [-0.05, 0) is 32.8 Å². The van der Waals surface area contributed by atoms with Crippen LogP contribution in [0, 0.1) is 0 Å². The van der Waals surface area contributed by atoms with Gasteiger partial charge in [0, 0.05) is 48.3 Å². The zero-order valence-corrected chi connectivity index (χ0v) is 15.8. The summed E-state index contributed by atoms with van der Waals surface area (Å²) in [6.45, 7) is 5.74. The number of carbonyl (C=O) groups excluding carboxylic acids is 1. The van der Waals surface area contributed by atoms with Crippen molar-refractivity contribution < 1.29 is 4.79 Å². The topological polar surface area (TPSA) is 53.9 Å². The molecule has 1 unspecified atom stereocenters. The van der Waals surface area contributed by atoms with Gasteiger partial charge in [-0.2, -0.15) is 0 Å². The minimum absolute atomic E-state index is 0.0291. The van der Waals surface area contributed by atoms with E-state index in [1.807, 2.05) is 41.6 Å². The van der Waals surface area contributed by atoms with Gasteiger partial charge in [-0.15, -0.1) is 0 Å². The largest absolute Gasteiger partial charge is 0.349 e. The first-order valence-electron chi connectivity index (χ1n) is 9.14. The second kappa shape index (κ2) is 6.80. The lowest BCUT2D eigenvalue weighted by molar-refractivity contribution is 0.0698. The van der Waals surface area contributed by atoms with Crippen LogP contribution in [0.2, 0.25) is 5.02 Å². The van der Waals surface area contributed by atoms with E-state index < -0.39 is 0 Å². The number of para-hydroxylation sites is 1. The van der Waals surface area contributed by atoms with Crippen LogP contribution in [0.1, 0.15) is 55.0 Å². The zero-order chi connectivity index (χ0) is 18.3. The highest BCUT2D eigenvalue weighted by Gasteiger charge is 2.30. The van der Waals surface area contributed by atoms with Crippen LogP contribution < -0.4 is 0 Å². The number of fused-ring (bicyclic) bond motifs is 1. The second-order valence-corrected chi connectivity index (χ2v) is 7.61. The Balaban J connectivity index is 1.60. The van der Waals surface area contributed by atoms with E-state index in [4.69, 9.17) is 11.6 Å². The number of nitrogens with zero attached hydrogens (tertiary/aromatic N) is 3. The highest BCUT2D eigenvalue weighted by molar-refractivity contribution is 6.38. The molecular weight excluding hydrogens is 348 g/mol. The van der Waals surface area contributed by atoms with Crippen LogP contribution in [0.4, 0.5) is 0 Å². The number of carbonyl (C=O) groups is 1.